The Bertz CT molecular complexity index is 549. The molecule has 0 radical (unpaired) electrons. The summed E-state index contributed by atoms with van der Waals surface area (Å²) in [6, 6.07) is 4.61. The van der Waals surface area contributed by atoms with Crippen LogP contribution in [0.5, 0.6) is 0 Å². The van der Waals surface area contributed by atoms with Crippen molar-refractivity contribution in [2.45, 2.75) is 46.2 Å². The zero-order chi connectivity index (χ0) is 16.4. The number of hydrogen-bond donors (Lipinski definition) is 1. The van der Waals surface area contributed by atoms with E-state index in [9.17, 15) is 4.79 Å². The van der Waals surface area contributed by atoms with Crippen molar-refractivity contribution >= 4 is 17.2 Å². The lowest BCUT2D eigenvalue weighted by Crippen LogP contribution is -2.46. The molecule has 5 heteroatoms. The van der Waals surface area contributed by atoms with E-state index in [0.717, 1.165) is 45.7 Å². The second-order valence-corrected chi connectivity index (χ2v) is 8.75. The maximum atomic E-state index is 12.8. The predicted molar refractivity (Wildman–Crippen MR) is 93.6 cm³/mol. The van der Waals surface area contributed by atoms with Gasteiger partial charge in [0.2, 0.25) is 5.91 Å². The fourth-order valence-electron chi connectivity index (χ4n) is 4.01. The quantitative estimate of drug-likeness (QED) is 0.919. The van der Waals surface area contributed by atoms with E-state index in [4.69, 9.17) is 4.74 Å². The zero-order valence-electron chi connectivity index (χ0n) is 14.4. The second-order valence-electron chi connectivity index (χ2n) is 7.37. The van der Waals surface area contributed by atoms with E-state index in [-0.39, 0.29) is 23.3 Å². The van der Waals surface area contributed by atoms with E-state index < -0.39 is 0 Å². The minimum absolute atomic E-state index is 0.0925. The Morgan fingerprint density at radius 1 is 1.43 bits per heavy atom. The molecule has 0 saturated carbocycles. The molecule has 2 aliphatic heterocycles. The van der Waals surface area contributed by atoms with Crippen molar-refractivity contribution in [2.24, 2.45) is 11.3 Å². The van der Waals surface area contributed by atoms with Crippen LogP contribution < -0.4 is 5.32 Å². The van der Waals surface area contributed by atoms with Crippen LogP contribution in [0, 0.1) is 18.3 Å². The molecule has 1 aromatic heterocycles. The molecule has 2 aliphatic rings. The Morgan fingerprint density at radius 2 is 2.17 bits per heavy atom. The van der Waals surface area contributed by atoms with E-state index >= 15 is 0 Å². The topological polar surface area (TPSA) is 41.6 Å². The first-order chi connectivity index (χ1) is 11.0. The van der Waals surface area contributed by atoms with Crippen LogP contribution in [0.2, 0.25) is 0 Å². The van der Waals surface area contributed by atoms with Crippen LogP contribution in [0.25, 0.3) is 0 Å². The molecule has 4 nitrogen and oxygen atoms in total. The summed E-state index contributed by atoms with van der Waals surface area (Å²) in [7, 11) is 0. The highest BCUT2D eigenvalue weighted by Crippen LogP contribution is 2.45. The first kappa shape index (κ1) is 16.9. The van der Waals surface area contributed by atoms with Crippen LogP contribution in [-0.2, 0) is 16.1 Å². The molecule has 1 N–H and O–H groups in total. The number of nitrogens with one attached hydrogen (secondary N) is 1. The van der Waals surface area contributed by atoms with Crippen LogP contribution in [0.3, 0.4) is 0 Å². The number of ether oxygens (including phenoxy) is 1. The number of aryl methyl sites for hydroxylation is 1. The van der Waals surface area contributed by atoms with Gasteiger partial charge in [0.1, 0.15) is 0 Å². The SMILES string of the molecule is Cc1ccc(CN2C[C@@H](C(=O)NC(C)C)C3(CCOCC3)C2)s1. The molecule has 0 aliphatic carbocycles. The molecule has 23 heavy (non-hydrogen) atoms. The normalized spacial score (nSPS) is 24.4. The van der Waals surface area contributed by atoms with E-state index in [0.29, 0.717) is 0 Å². The van der Waals surface area contributed by atoms with Gasteiger partial charge < -0.3 is 10.1 Å². The molecule has 1 atom stereocenters. The lowest BCUT2D eigenvalue weighted by molar-refractivity contribution is -0.130. The maximum absolute atomic E-state index is 12.8. The van der Waals surface area contributed by atoms with E-state index in [1.54, 1.807) is 0 Å². The molecule has 1 aromatic rings. The summed E-state index contributed by atoms with van der Waals surface area (Å²) in [5.74, 6) is 0.321. The summed E-state index contributed by atoms with van der Waals surface area (Å²) >= 11 is 1.86. The van der Waals surface area contributed by atoms with Crippen molar-refractivity contribution in [1.82, 2.24) is 10.2 Å². The fraction of sp³-hybridized carbons (Fsp3) is 0.722. The fourth-order valence-corrected chi connectivity index (χ4v) is 4.95. The van der Waals surface area contributed by atoms with Gasteiger partial charge in [-0.05, 0) is 45.7 Å². The average Bonchev–Trinajstić information content (AvgIpc) is 3.04. The molecule has 2 fully saturated rings. The van der Waals surface area contributed by atoms with Crippen molar-refractivity contribution < 1.29 is 9.53 Å². The van der Waals surface area contributed by atoms with Crippen molar-refractivity contribution in [3.8, 4) is 0 Å². The first-order valence-corrected chi connectivity index (χ1v) is 9.46. The Kier molecular flexibility index (Phi) is 5.09. The van der Waals surface area contributed by atoms with Gasteiger partial charge in [0.25, 0.3) is 0 Å². The van der Waals surface area contributed by atoms with Crippen molar-refractivity contribution in [3.05, 3.63) is 21.9 Å². The number of carbonyl (C=O) groups excluding carboxylic acids is 1. The zero-order valence-corrected chi connectivity index (χ0v) is 15.2. The Morgan fingerprint density at radius 3 is 2.78 bits per heavy atom. The molecule has 128 valence electrons. The van der Waals surface area contributed by atoms with Crippen molar-refractivity contribution in [2.75, 3.05) is 26.3 Å². The molecular formula is C18H28N2O2S. The highest BCUT2D eigenvalue weighted by atomic mass is 32.1. The van der Waals surface area contributed by atoms with E-state index in [2.05, 4.69) is 29.3 Å². The highest BCUT2D eigenvalue weighted by Gasteiger charge is 2.50. The van der Waals surface area contributed by atoms with Gasteiger partial charge in [-0.1, -0.05) is 0 Å². The third-order valence-electron chi connectivity index (χ3n) is 5.13. The minimum Gasteiger partial charge on any atom is -0.381 e. The Labute approximate surface area is 143 Å². The second kappa shape index (κ2) is 6.91. The molecule has 3 heterocycles. The number of carbonyl (C=O) groups is 1. The van der Waals surface area contributed by atoms with Gasteiger partial charge in [-0.15, -0.1) is 11.3 Å². The number of rotatable bonds is 4. The molecule has 1 amide bonds. The van der Waals surface area contributed by atoms with Crippen LogP contribution >= 0.6 is 11.3 Å². The predicted octanol–water partition coefficient (Wildman–Crippen LogP) is 2.81. The number of hydrogen-bond acceptors (Lipinski definition) is 4. The van der Waals surface area contributed by atoms with Gasteiger partial charge in [0, 0.05) is 54.1 Å². The monoisotopic (exact) mass is 336 g/mol. The highest BCUT2D eigenvalue weighted by molar-refractivity contribution is 7.11. The molecule has 3 rings (SSSR count). The molecule has 0 bridgehead atoms. The molecule has 0 aromatic carbocycles. The molecule has 0 unspecified atom stereocenters. The smallest absolute Gasteiger partial charge is 0.225 e. The van der Waals surface area contributed by atoms with Gasteiger partial charge >= 0.3 is 0 Å². The van der Waals surface area contributed by atoms with Crippen molar-refractivity contribution in [1.29, 1.82) is 0 Å². The lowest BCUT2D eigenvalue weighted by Gasteiger charge is -2.37. The third-order valence-corrected chi connectivity index (χ3v) is 6.12. The van der Waals surface area contributed by atoms with E-state index in [1.807, 2.05) is 25.2 Å². The maximum Gasteiger partial charge on any atom is 0.225 e. The Balaban J connectivity index is 1.74. The number of likely N-dealkylation sites (tertiary alicyclic amines) is 1. The van der Waals surface area contributed by atoms with Crippen LogP contribution in [-0.4, -0.2) is 43.2 Å². The Hall–Kier alpha value is -0.910. The molecular weight excluding hydrogens is 308 g/mol. The first-order valence-electron chi connectivity index (χ1n) is 8.64. The lowest BCUT2D eigenvalue weighted by atomic mass is 9.71. The number of nitrogens with zero attached hydrogens (tertiary/aromatic N) is 1. The molecule has 1 spiro atoms. The van der Waals surface area contributed by atoms with Gasteiger partial charge in [-0.25, -0.2) is 0 Å². The summed E-state index contributed by atoms with van der Waals surface area (Å²) in [6.45, 7) is 10.7. The number of thiophene rings is 1. The van der Waals surface area contributed by atoms with Crippen LogP contribution in [0.4, 0.5) is 0 Å². The molecule has 2 saturated heterocycles. The summed E-state index contributed by atoms with van der Waals surface area (Å²) in [5.41, 5.74) is 0.101. The summed E-state index contributed by atoms with van der Waals surface area (Å²) < 4.78 is 5.57. The van der Waals surface area contributed by atoms with Crippen LogP contribution in [0.1, 0.15) is 36.4 Å². The van der Waals surface area contributed by atoms with Crippen molar-refractivity contribution in [3.63, 3.8) is 0 Å². The average molecular weight is 337 g/mol. The van der Waals surface area contributed by atoms with Gasteiger partial charge in [-0.3, -0.25) is 9.69 Å². The van der Waals surface area contributed by atoms with Gasteiger partial charge in [-0.2, -0.15) is 0 Å². The van der Waals surface area contributed by atoms with E-state index in [1.165, 1.54) is 9.75 Å². The van der Waals surface area contributed by atoms with Gasteiger partial charge in [0.05, 0.1) is 5.92 Å². The van der Waals surface area contributed by atoms with Crippen LogP contribution in [0.15, 0.2) is 12.1 Å². The number of amides is 1. The minimum atomic E-state index is 0.0925. The third kappa shape index (κ3) is 3.78. The standard InChI is InChI=1S/C18H28N2O2S/c1-13(2)19-17(21)16-11-20(10-15-5-4-14(3)23-15)12-18(16)6-8-22-9-7-18/h4-5,13,16H,6-12H2,1-3H3,(H,19,21)/t16-/m0/s1. The largest absolute Gasteiger partial charge is 0.381 e. The summed E-state index contributed by atoms with van der Waals surface area (Å²) in [5, 5.41) is 3.14. The summed E-state index contributed by atoms with van der Waals surface area (Å²) in [4.78, 5) is 18.0. The summed E-state index contributed by atoms with van der Waals surface area (Å²) in [6.07, 6.45) is 2.01. The van der Waals surface area contributed by atoms with Gasteiger partial charge in [0.15, 0.2) is 0 Å².